The van der Waals surface area contributed by atoms with E-state index >= 15 is 0 Å². The molecule has 0 bridgehead atoms. The smallest absolute Gasteiger partial charge is 0.123 e. The van der Waals surface area contributed by atoms with E-state index in [1.165, 1.54) is 0 Å². The first-order chi connectivity index (χ1) is 10.2. The molecule has 5 heteroatoms. The maximum atomic E-state index is 10.2. The molecule has 1 aliphatic rings. The summed E-state index contributed by atoms with van der Waals surface area (Å²) < 4.78 is 5.72. The van der Waals surface area contributed by atoms with E-state index in [1.54, 1.807) is 0 Å². The lowest BCUT2D eigenvalue weighted by molar-refractivity contribution is 0.0693. The molecule has 1 heterocycles. The van der Waals surface area contributed by atoms with Gasteiger partial charge in [-0.3, -0.25) is 4.90 Å². The van der Waals surface area contributed by atoms with E-state index in [1.807, 2.05) is 24.3 Å². The summed E-state index contributed by atoms with van der Waals surface area (Å²) in [5, 5.41) is 10.2. The fourth-order valence-electron chi connectivity index (χ4n) is 2.63. The second kappa shape index (κ2) is 8.34. The van der Waals surface area contributed by atoms with Crippen LogP contribution in [0, 0.1) is 0 Å². The SMILES string of the molecule is CN1CCCN(CC(O)COc2ccccc2CN)CC1. The number of ether oxygens (including phenoxy) is 1. The average molecular weight is 293 g/mol. The van der Waals surface area contributed by atoms with Crippen LogP contribution in [0.5, 0.6) is 5.75 Å². The maximum Gasteiger partial charge on any atom is 0.123 e. The van der Waals surface area contributed by atoms with Crippen molar-refractivity contribution >= 4 is 0 Å². The lowest BCUT2D eigenvalue weighted by atomic mass is 10.2. The van der Waals surface area contributed by atoms with Gasteiger partial charge in [0.05, 0.1) is 0 Å². The minimum absolute atomic E-state index is 0.309. The van der Waals surface area contributed by atoms with Crippen LogP contribution in [-0.4, -0.2) is 67.4 Å². The molecule has 2 rings (SSSR count). The van der Waals surface area contributed by atoms with Crippen LogP contribution in [0.4, 0.5) is 0 Å². The molecule has 118 valence electrons. The molecule has 0 radical (unpaired) electrons. The fourth-order valence-corrected chi connectivity index (χ4v) is 2.63. The molecule has 0 saturated carbocycles. The lowest BCUT2D eigenvalue weighted by Gasteiger charge is -2.23. The Balaban J connectivity index is 1.77. The van der Waals surface area contributed by atoms with Gasteiger partial charge in [0.25, 0.3) is 0 Å². The second-order valence-electron chi connectivity index (χ2n) is 5.73. The lowest BCUT2D eigenvalue weighted by Crippen LogP contribution is -2.37. The quantitative estimate of drug-likeness (QED) is 0.801. The van der Waals surface area contributed by atoms with Gasteiger partial charge in [-0.05, 0) is 32.6 Å². The van der Waals surface area contributed by atoms with Gasteiger partial charge < -0.3 is 20.5 Å². The summed E-state index contributed by atoms with van der Waals surface area (Å²) in [7, 11) is 2.15. The predicted octanol–water partition coefficient (Wildman–Crippen LogP) is 0.522. The standard InChI is InChI=1S/C16H27N3O2/c1-18-7-4-8-19(10-9-18)12-15(20)13-21-16-6-3-2-5-14(16)11-17/h2-3,5-6,15,20H,4,7-13,17H2,1H3. The number of nitrogens with two attached hydrogens (primary N) is 1. The Morgan fingerprint density at radius 2 is 2.05 bits per heavy atom. The van der Waals surface area contributed by atoms with Gasteiger partial charge in [0.15, 0.2) is 0 Å². The molecule has 1 aromatic rings. The average Bonchev–Trinajstić information content (AvgIpc) is 2.70. The zero-order valence-corrected chi connectivity index (χ0v) is 12.9. The van der Waals surface area contributed by atoms with E-state index in [2.05, 4.69) is 16.8 Å². The molecule has 1 aromatic carbocycles. The molecular formula is C16H27N3O2. The molecule has 1 fully saturated rings. The van der Waals surface area contributed by atoms with Crippen molar-refractivity contribution in [3.8, 4) is 5.75 Å². The Morgan fingerprint density at radius 1 is 1.24 bits per heavy atom. The molecule has 1 aliphatic heterocycles. The third-order valence-electron chi connectivity index (χ3n) is 3.90. The number of aliphatic hydroxyl groups is 1. The van der Waals surface area contributed by atoms with E-state index in [9.17, 15) is 5.11 Å². The Morgan fingerprint density at radius 3 is 2.86 bits per heavy atom. The van der Waals surface area contributed by atoms with Gasteiger partial charge in [-0.25, -0.2) is 0 Å². The second-order valence-corrected chi connectivity index (χ2v) is 5.73. The summed E-state index contributed by atoms with van der Waals surface area (Å²) in [6.45, 7) is 5.66. The van der Waals surface area contributed by atoms with Crippen LogP contribution in [0.3, 0.4) is 0 Å². The number of nitrogens with zero attached hydrogens (tertiary/aromatic N) is 2. The van der Waals surface area contributed by atoms with Crippen LogP contribution >= 0.6 is 0 Å². The van der Waals surface area contributed by atoms with Crippen LogP contribution in [0.25, 0.3) is 0 Å². The summed E-state index contributed by atoms with van der Waals surface area (Å²) in [6.07, 6.45) is 0.680. The summed E-state index contributed by atoms with van der Waals surface area (Å²) in [5.74, 6) is 0.773. The van der Waals surface area contributed by atoms with E-state index in [0.717, 1.165) is 43.9 Å². The number of para-hydroxylation sites is 1. The molecule has 21 heavy (non-hydrogen) atoms. The van der Waals surface area contributed by atoms with Crippen molar-refractivity contribution in [3.05, 3.63) is 29.8 Å². The van der Waals surface area contributed by atoms with Gasteiger partial charge in [0, 0.05) is 31.7 Å². The van der Waals surface area contributed by atoms with Crippen LogP contribution in [0.2, 0.25) is 0 Å². The highest BCUT2D eigenvalue weighted by atomic mass is 16.5. The largest absolute Gasteiger partial charge is 0.491 e. The number of aliphatic hydroxyl groups excluding tert-OH is 1. The predicted molar refractivity (Wildman–Crippen MR) is 84.4 cm³/mol. The van der Waals surface area contributed by atoms with E-state index in [0.29, 0.717) is 19.7 Å². The van der Waals surface area contributed by atoms with Crippen molar-refractivity contribution in [3.63, 3.8) is 0 Å². The number of hydrogen-bond acceptors (Lipinski definition) is 5. The first-order valence-electron chi connectivity index (χ1n) is 7.68. The molecule has 0 spiro atoms. The van der Waals surface area contributed by atoms with Crippen LogP contribution in [0.1, 0.15) is 12.0 Å². The Bertz CT molecular complexity index is 428. The van der Waals surface area contributed by atoms with Gasteiger partial charge in [0.1, 0.15) is 18.5 Å². The highest BCUT2D eigenvalue weighted by Crippen LogP contribution is 2.17. The maximum absolute atomic E-state index is 10.2. The molecule has 0 aliphatic carbocycles. The molecule has 1 unspecified atom stereocenters. The van der Waals surface area contributed by atoms with Crippen molar-refractivity contribution in [1.82, 2.24) is 9.80 Å². The molecule has 0 aromatic heterocycles. The van der Waals surface area contributed by atoms with Gasteiger partial charge in [-0.1, -0.05) is 18.2 Å². The minimum atomic E-state index is -0.473. The molecule has 1 atom stereocenters. The van der Waals surface area contributed by atoms with Gasteiger partial charge >= 0.3 is 0 Å². The van der Waals surface area contributed by atoms with Crippen LogP contribution in [-0.2, 0) is 6.54 Å². The number of rotatable bonds is 6. The number of benzene rings is 1. The molecule has 0 amide bonds. The minimum Gasteiger partial charge on any atom is -0.491 e. The van der Waals surface area contributed by atoms with Crippen molar-refractivity contribution in [2.75, 3.05) is 46.4 Å². The first kappa shape index (κ1) is 16.2. The zero-order chi connectivity index (χ0) is 15.1. The third-order valence-corrected chi connectivity index (χ3v) is 3.90. The van der Waals surface area contributed by atoms with E-state index in [-0.39, 0.29) is 0 Å². The molecular weight excluding hydrogens is 266 g/mol. The zero-order valence-electron chi connectivity index (χ0n) is 12.9. The van der Waals surface area contributed by atoms with Crippen LogP contribution < -0.4 is 10.5 Å². The highest BCUT2D eigenvalue weighted by molar-refractivity contribution is 5.32. The summed E-state index contributed by atoms with van der Waals surface area (Å²) in [5.41, 5.74) is 6.65. The van der Waals surface area contributed by atoms with Gasteiger partial charge in [-0.2, -0.15) is 0 Å². The normalized spacial score (nSPS) is 19.2. The van der Waals surface area contributed by atoms with Crippen molar-refractivity contribution in [1.29, 1.82) is 0 Å². The van der Waals surface area contributed by atoms with E-state index < -0.39 is 6.10 Å². The Kier molecular flexibility index (Phi) is 6.45. The summed E-state index contributed by atoms with van der Waals surface area (Å²) in [4.78, 5) is 4.65. The fraction of sp³-hybridized carbons (Fsp3) is 0.625. The molecule has 1 saturated heterocycles. The number of likely N-dealkylation sites (N-methyl/N-ethyl adjacent to an activating group) is 1. The number of hydrogen-bond donors (Lipinski definition) is 2. The summed E-state index contributed by atoms with van der Waals surface area (Å²) in [6, 6.07) is 7.72. The topological polar surface area (TPSA) is 62.0 Å². The van der Waals surface area contributed by atoms with Gasteiger partial charge in [-0.15, -0.1) is 0 Å². The third kappa shape index (κ3) is 5.28. The highest BCUT2D eigenvalue weighted by Gasteiger charge is 2.16. The monoisotopic (exact) mass is 293 g/mol. The Labute approximate surface area is 127 Å². The van der Waals surface area contributed by atoms with Crippen LogP contribution in [0.15, 0.2) is 24.3 Å². The Hall–Kier alpha value is -1.14. The first-order valence-corrected chi connectivity index (χ1v) is 7.68. The molecule has 3 N–H and O–H groups in total. The van der Waals surface area contributed by atoms with E-state index in [4.69, 9.17) is 10.5 Å². The van der Waals surface area contributed by atoms with Gasteiger partial charge in [0.2, 0.25) is 0 Å². The van der Waals surface area contributed by atoms with Crippen molar-refractivity contribution in [2.45, 2.75) is 19.1 Å². The van der Waals surface area contributed by atoms with Crippen molar-refractivity contribution < 1.29 is 9.84 Å². The van der Waals surface area contributed by atoms with Crippen molar-refractivity contribution in [2.24, 2.45) is 5.73 Å². The number of β-amino-alcohol motifs (C(OH)–C–C–N with tert-alkyl or cyclic N) is 1. The summed E-state index contributed by atoms with van der Waals surface area (Å²) >= 11 is 0. The molecule has 5 nitrogen and oxygen atoms in total.